The molecule has 172 valence electrons. The van der Waals surface area contributed by atoms with E-state index in [-0.39, 0.29) is 29.5 Å². The van der Waals surface area contributed by atoms with E-state index < -0.39 is 21.8 Å². The number of ether oxygens (including phenoxy) is 1. The predicted molar refractivity (Wildman–Crippen MR) is 117 cm³/mol. The van der Waals surface area contributed by atoms with Crippen molar-refractivity contribution < 1.29 is 27.5 Å². The number of carbonyl (C=O) groups excluding carboxylic acids is 3. The first-order chi connectivity index (χ1) is 15.1. The maximum Gasteiger partial charge on any atom is 0.251 e. The Morgan fingerprint density at radius 2 is 1.53 bits per heavy atom. The number of rotatable bonds is 10. The third-order valence-electron chi connectivity index (χ3n) is 4.38. The molecule has 2 aromatic rings. The van der Waals surface area contributed by atoms with Gasteiger partial charge in [-0.15, -0.1) is 0 Å². The van der Waals surface area contributed by atoms with Gasteiger partial charge >= 0.3 is 0 Å². The van der Waals surface area contributed by atoms with Crippen LogP contribution in [0.3, 0.4) is 0 Å². The van der Waals surface area contributed by atoms with Gasteiger partial charge in [0, 0.05) is 26.2 Å². The lowest BCUT2D eigenvalue weighted by atomic mass is 10.2. The lowest BCUT2D eigenvalue weighted by Gasteiger charge is -2.12. The highest BCUT2D eigenvalue weighted by atomic mass is 32.2. The Morgan fingerprint density at radius 3 is 2.16 bits per heavy atom. The molecule has 0 atom stereocenters. The number of hydrogen-bond donors (Lipinski definition) is 3. The molecule has 0 aromatic heterocycles. The van der Waals surface area contributed by atoms with Crippen molar-refractivity contribution in [1.82, 2.24) is 20.3 Å². The molecule has 0 saturated heterocycles. The van der Waals surface area contributed by atoms with Crippen LogP contribution in [-0.4, -0.2) is 64.7 Å². The zero-order valence-corrected chi connectivity index (χ0v) is 18.9. The molecule has 11 heteroatoms. The van der Waals surface area contributed by atoms with Crippen molar-refractivity contribution in [2.24, 2.45) is 0 Å². The monoisotopic (exact) mass is 462 g/mol. The quantitative estimate of drug-likeness (QED) is 0.459. The molecule has 3 N–H and O–H groups in total. The molecule has 32 heavy (non-hydrogen) atoms. The molecule has 0 aliphatic heterocycles. The Morgan fingerprint density at radius 1 is 0.906 bits per heavy atom. The fraction of sp³-hybridized carbons (Fsp3) is 0.286. The van der Waals surface area contributed by atoms with E-state index in [9.17, 15) is 22.8 Å². The summed E-state index contributed by atoms with van der Waals surface area (Å²) in [4.78, 5) is 36.0. The molecule has 10 nitrogen and oxygen atoms in total. The van der Waals surface area contributed by atoms with Crippen molar-refractivity contribution in [2.45, 2.75) is 11.4 Å². The Kier molecular flexibility index (Phi) is 8.73. The SMILES string of the molecule is COc1ccc(CNC(=O)CNC(=O)CNC(=O)c2cccc(S(=O)(=O)N(C)C)c2)cc1. The minimum atomic E-state index is -3.69. The van der Waals surface area contributed by atoms with E-state index in [1.165, 1.54) is 38.4 Å². The van der Waals surface area contributed by atoms with Gasteiger partial charge in [0.2, 0.25) is 21.8 Å². The predicted octanol–water partition coefficient (Wildman–Crippen LogP) is 0.108. The van der Waals surface area contributed by atoms with E-state index in [4.69, 9.17) is 4.74 Å². The van der Waals surface area contributed by atoms with Crippen molar-refractivity contribution in [3.05, 3.63) is 59.7 Å². The number of nitrogens with one attached hydrogen (secondary N) is 3. The van der Waals surface area contributed by atoms with E-state index in [0.717, 1.165) is 9.87 Å². The van der Waals surface area contributed by atoms with Crippen LogP contribution in [-0.2, 0) is 26.2 Å². The van der Waals surface area contributed by atoms with Crippen molar-refractivity contribution >= 4 is 27.7 Å². The van der Waals surface area contributed by atoms with Crippen LogP contribution in [0.4, 0.5) is 0 Å². The molecule has 2 aromatic carbocycles. The number of carbonyl (C=O) groups is 3. The first-order valence-electron chi connectivity index (χ1n) is 9.60. The van der Waals surface area contributed by atoms with Crippen LogP contribution in [0.5, 0.6) is 5.75 Å². The number of nitrogens with zero attached hydrogens (tertiary/aromatic N) is 1. The molecule has 0 saturated carbocycles. The average molecular weight is 463 g/mol. The van der Waals surface area contributed by atoms with Gasteiger partial charge in [0.1, 0.15) is 5.75 Å². The summed E-state index contributed by atoms with van der Waals surface area (Å²) in [6, 6.07) is 12.7. The summed E-state index contributed by atoms with van der Waals surface area (Å²) in [5.41, 5.74) is 0.967. The summed E-state index contributed by atoms with van der Waals surface area (Å²) in [5.74, 6) is -0.850. The molecule has 2 rings (SSSR count). The first kappa shape index (κ1) is 24.8. The number of methoxy groups -OCH3 is 1. The highest BCUT2D eigenvalue weighted by molar-refractivity contribution is 7.89. The molecule has 0 bridgehead atoms. The third-order valence-corrected chi connectivity index (χ3v) is 6.19. The highest BCUT2D eigenvalue weighted by Crippen LogP contribution is 2.15. The van der Waals surface area contributed by atoms with E-state index >= 15 is 0 Å². The van der Waals surface area contributed by atoms with E-state index in [1.807, 2.05) is 12.1 Å². The maximum absolute atomic E-state index is 12.3. The van der Waals surface area contributed by atoms with Gasteiger partial charge in [0.05, 0.1) is 25.1 Å². The standard InChI is InChI=1S/C21H26N4O6S/c1-25(2)32(29,30)18-6-4-5-16(11-18)21(28)24-14-20(27)23-13-19(26)22-12-15-7-9-17(31-3)10-8-15/h4-11H,12-14H2,1-3H3,(H,22,26)(H,23,27)(H,24,28). The number of benzene rings is 2. The van der Waals surface area contributed by atoms with Crippen LogP contribution >= 0.6 is 0 Å². The van der Waals surface area contributed by atoms with Crippen LogP contribution in [0.1, 0.15) is 15.9 Å². The smallest absolute Gasteiger partial charge is 0.251 e. The summed E-state index contributed by atoms with van der Waals surface area (Å²) in [5, 5.41) is 7.47. The van der Waals surface area contributed by atoms with Crippen LogP contribution in [0.2, 0.25) is 0 Å². The second-order valence-corrected chi connectivity index (χ2v) is 9.05. The highest BCUT2D eigenvalue weighted by Gasteiger charge is 2.19. The zero-order valence-electron chi connectivity index (χ0n) is 18.0. The largest absolute Gasteiger partial charge is 0.497 e. The lowest BCUT2D eigenvalue weighted by Crippen LogP contribution is -2.41. The second kappa shape index (κ2) is 11.3. The minimum Gasteiger partial charge on any atom is -0.497 e. The van der Waals surface area contributed by atoms with Gasteiger partial charge in [-0.05, 0) is 35.9 Å². The van der Waals surface area contributed by atoms with Gasteiger partial charge in [-0.1, -0.05) is 18.2 Å². The molecule has 0 radical (unpaired) electrons. The number of sulfonamides is 1. The van der Waals surface area contributed by atoms with Crippen LogP contribution in [0.25, 0.3) is 0 Å². The van der Waals surface area contributed by atoms with Crippen LogP contribution in [0, 0.1) is 0 Å². The average Bonchev–Trinajstić information content (AvgIpc) is 2.80. The summed E-state index contributed by atoms with van der Waals surface area (Å²) in [6.45, 7) is -0.321. The molecule has 0 heterocycles. The lowest BCUT2D eigenvalue weighted by molar-refractivity contribution is -0.125. The summed E-state index contributed by atoms with van der Waals surface area (Å²) in [7, 11) is 0.653. The van der Waals surface area contributed by atoms with Crippen molar-refractivity contribution in [3.63, 3.8) is 0 Å². The van der Waals surface area contributed by atoms with Gasteiger partial charge in [0.15, 0.2) is 0 Å². The van der Waals surface area contributed by atoms with Gasteiger partial charge in [-0.2, -0.15) is 0 Å². The normalized spacial score (nSPS) is 11.0. The van der Waals surface area contributed by atoms with Crippen LogP contribution in [0.15, 0.2) is 53.4 Å². The van der Waals surface area contributed by atoms with Gasteiger partial charge in [-0.25, -0.2) is 12.7 Å². The maximum atomic E-state index is 12.3. The molecule has 0 fully saturated rings. The summed E-state index contributed by atoms with van der Waals surface area (Å²) in [6.07, 6.45) is 0. The zero-order chi connectivity index (χ0) is 23.7. The third kappa shape index (κ3) is 7.06. The fourth-order valence-electron chi connectivity index (χ4n) is 2.52. The van der Waals surface area contributed by atoms with Crippen molar-refractivity contribution in [3.8, 4) is 5.75 Å². The Balaban J connectivity index is 1.77. The molecule has 3 amide bonds. The van der Waals surface area contributed by atoms with Crippen molar-refractivity contribution in [2.75, 3.05) is 34.3 Å². The molecular formula is C21H26N4O6S. The fourth-order valence-corrected chi connectivity index (χ4v) is 3.47. The van der Waals surface area contributed by atoms with Gasteiger partial charge in [-0.3, -0.25) is 14.4 Å². The van der Waals surface area contributed by atoms with Gasteiger partial charge < -0.3 is 20.7 Å². The molecule has 0 unspecified atom stereocenters. The van der Waals surface area contributed by atoms with Crippen LogP contribution < -0.4 is 20.7 Å². The Labute approximate surface area is 187 Å². The molecular weight excluding hydrogens is 436 g/mol. The first-order valence-corrected chi connectivity index (χ1v) is 11.0. The molecule has 0 spiro atoms. The van der Waals surface area contributed by atoms with E-state index in [1.54, 1.807) is 19.2 Å². The summed E-state index contributed by atoms with van der Waals surface area (Å²) < 4.78 is 30.5. The van der Waals surface area contributed by atoms with E-state index in [0.29, 0.717) is 12.3 Å². The molecule has 0 aliphatic rings. The Bertz CT molecular complexity index is 1070. The van der Waals surface area contributed by atoms with E-state index in [2.05, 4.69) is 16.0 Å². The molecule has 0 aliphatic carbocycles. The Hall–Kier alpha value is -3.44. The minimum absolute atomic E-state index is 0.0341. The number of amides is 3. The van der Waals surface area contributed by atoms with Crippen molar-refractivity contribution in [1.29, 1.82) is 0 Å². The van der Waals surface area contributed by atoms with Gasteiger partial charge in [0.25, 0.3) is 5.91 Å². The number of hydrogen-bond acceptors (Lipinski definition) is 6. The summed E-state index contributed by atoms with van der Waals surface area (Å²) >= 11 is 0. The topological polar surface area (TPSA) is 134 Å². The second-order valence-electron chi connectivity index (χ2n) is 6.90.